The number of methoxy groups -OCH3 is 1. The topological polar surface area (TPSA) is 247 Å². The molecule has 3 saturated heterocycles. The zero-order valence-corrected chi connectivity index (χ0v) is 55.6. The van der Waals surface area contributed by atoms with Gasteiger partial charge in [0.05, 0.1) is 52.7 Å². The van der Waals surface area contributed by atoms with Crippen molar-refractivity contribution in [2.45, 2.75) is 161 Å². The second-order valence-electron chi connectivity index (χ2n) is 26.6. The summed E-state index contributed by atoms with van der Waals surface area (Å²) in [6.07, 6.45) is 1.80. The summed E-state index contributed by atoms with van der Waals surface area (Å²) in [7, 11) is 3.03. The lowest BCUT2D eigenvalue weighted by atomic mass is 9.88. The number of halogens is 3. The van der Waals surface area contributed by atoms with Gasteiger partial charge in [0.2, 0.25) is 11.8 Å². The van der Waals surface area contributed by atoms with Gasteiger partial charge in [-0.1, -0.05) is 67.6 Å². The summed E-state index contributed by atoms with van der Waals surface area (Å²) >= 11 is 1.52. The molecule has 0 spiro atoms. The average molecular weight is 1330 g/mol. The van der Waals surface area contributed by atoms with E-state index in [0.717, 1.165) is 47.4 Å². The number of β-amino-alcohol motifs (C(OH)–C–C–N with tert-alkyl or cyclic N) is 1. The van der Waals surface area contributed by atoms with Gasteiger partial charge >= 0.3 is 12.1 Å². The van der Waals surface area contributed by atoms with Gasteiger partial charge in [-0.05, 0) is 119 Å². The highest BCUT2D eigenvalue weighted by Gasteiger charge is 2.44. The number of likely N-dealkylation sites (N-methyl/N-ethyl adjacent to an activating group) is 1. The Kier molecular flexibility index (Phi) is 19.5. The van der Waals surface area contributed by atoms with Crippen molar-refractivity contribution in [2.75, 3.05) is 58.5 Å². The number of rotatable bonds is 22. The number of ether oxygens (including phenoxy) is 5. The maximum Gasteiger partial charge on any atom is 0.410 e. The van der Waals surface area contributed by atoms with Crippen LogP contribution in [0.25, 0.3) is 54.6 Å². The van der Waals surface area contributed by atoms with Crippen LogP contribution in [0, 0.1) is 25.6 Å². The zero-order chi connectivity index (χ0) is 67.1. The standard InChI is InChI=1S/C69H81F3N12O10S/c1-37(2)60(66(88)82-31-46(86)26-54(82)65(87)75-52(33-85)43-19-21-44(22-20-43)62-39(4)73-36-95-62)83-32-51(78-79-83)42-15-13-40(14-16-42)34-92-61-58(57-38(3)50(70)28-53-49(57)29-74-84(53)56-12-10-11-25-91-56)47(41-17-18-41)27-48-59(61)76-67(93-35-55(90-9)63(71)72)77-64(48)80(8)45-23-24-81(30-45)68(89)94-69(5,6)7/h13-16,19-22,27-29,32,36-37,41,45-46,52,54-56,60,63,85-86H,10-12,17-18,23-26,30-31,33-35H2,1-9H3,(H,75,87)/t45-,46+,52-,54-,55+,56?,60-/m0/s1. The maximum absolute atomic E-state index is 17.0. The number of carbonyl (C=O) groups excluding carboxylic acids is 3. The number of alkyl halides is 2. The lowest BCUT2D eigenvalue weighted by Crippen LogP contribution is -2.50. The third-order valence-corrected chi connectivity index (χ3v) is 19.4. The highest BCUT2D eigenvalue weighted by atomic mass is 32.1. The fourth-order valence-corrected chi connectivity index (χ4v) is 13.9. The van der Waals surface area contributed by atoms with Crippen LogP contribution in [0.5, 0.6) is 11.8 Å². The molecule has 0 radical (unpaired) electrons. The number of benzene rings is 4. The first-order chi connectivity index (χ1) is 45.6. The second-order valence-corrected chi connectivity index (χ2v) is 27.4. The molecule has 1 saturated carbocycles. The number of aromatic nitrogens is 8. The van der Waals surface area contributed by atoms with Crippen LogP contribution in [0.4, 0.5) is 23.8 Å². The van der Waals surface area contributed by atoms with E-state index in [1.807, 2.05) is 108 Å². The molecule has 1 aliphatic carbocycles. The average Bonchev–Trinajstić information content (AvgIpc) is 1.71. The van der Waals surface area contributed by atoms with Crippen LogP contribution >= 0.6 is 11.3 Å². The van der Waals surface area contributed by atoms with Crippen molar-refractivity contribution in [3.05, 3.63) is 112 Å². The molecular weight excluding hydrogens is 1250 g/mol. The monoisotopic (exact) mass is 1330 g/mol. The molecular formula is C69H81F3N12O10S. The molecule has 4 aliphatic rings. The van der Waals surface area contributed by atoms with E-state index in [9.17, 15) is 33.4 Å². The fraction of sp³-hybridized carbons (Fsp3) is 0.493. The van der Waals surface area contributed by atoms with Crippen LogP contribution in [0.1, 0.15) is 132 Å². The Morgan fingerprint density at radius 2 is 1.69 bits per heavy atom. The van der Waals surface area contributed by atoms with Crippen LogP contribution in [0.3, 0.4) is 0 Å². The number of carbonyl (C=O) groups is 3. The Bertz CT molecular complexity index is 4090. The van der Waals surface area contributed by atoms with Gasteiger partial charge in [-0.15, -0.1) is 16.4 Å². The minimum Gasteiger partial charge on any atom is -0.486 e. The summed E-state index contributed by atoms with van der Waals surface area (Å²) in [6.45, 7) is 12.9. The zero-order valence-electron chi connectivity index (χ0n) is 54.8. The van der Waals surface area contributed by atoms with E-state index in [0.29, 0.717) is 93.7 Å². The lowest BCUT2D eigenvalue weighted by molar-refractivity contribution is -0.142. The predicted octanol–water partition coefficient (Wildman–Crippen LogP) is 11.1. The van der Waals surface area contributed by atoms with Crippen molar-refractivity contribution in [3.8, 4) is 44.6 Å². The molecule has 12 rings (SSSR count). The van der Waals surface area contributed by atoms with Crippen LogP contribution in [-0.2, 0) is 30.4 Å². The molecule has 3 N–H and O–H groups in total. The number of aliphatic hydroxyl groups excluding tert-OH is 2. The van der Waals surface area contributed by atoms with Gasteiger partial charge < -0.3 is 53.9 Å². The predicted molar refractivity (Wildman–Crippen MR) is 351 cm³/mol. The number of aliphatic hydroxyl groups is 2. The molecule has 7 atom stereocenters. The number of thiazole rings is 1. The number of likely N-dealkylation sites (tertiary alicyclic amines) is 2. The molecule has 22 nitrogen and oxygen atoms in total. The number of hydrogen-bond acceptors (Lipinski definition) is 18. The number of amides is 3. The largest absolute Gasteiger partial charge is 0.486 e. The summed E-state index contributed by atoms with van der Waals surface area (Å²) in [4.78, 5) is 62.6. The minimum absolute atomic E-state index is 0.000971. The van der Waals surface area contributed by atoms with E-state index in [4.69, 9.17) is 38.8 Å². The summed E-state index contributed by atoms with van der Waals surface area (Å²) in [5.74, 6) is -1.06. The van der Waals surface area contributed by atoms with Gasteiger partial charge in [-0.2, -0.15) is 15.1 Å². The van der Waals surface area contributed by atoms with Gasteiger partial charge in [-0.3, -0.25) is 9.59 Å². The Labute approximate surface area is 552 Å². The van der Waals surface area contributed by atoms with Gasteiger partial charge in [0, 0.05) is 86.4 Å². The molecule has 26 heteroatoms. The van der Waals surface area contributed by atoms with Crippen molar-refractivity contribution in [1.82, 2.24) is 54.8 Å². The molecule has 1 unspecified atom stereocenters. The van der Waals surface area contributed by atoms with E-state index in [2.05, 4.69) is 20.6 Å². The Hall–Kier alpha value is -8.30. The van der Waals surface area contributed by atoms with E-state index < -0.39 is 85.5 Å². The fourth-order valence-electron chi connectivity index (χ4n) is 13.1. The number of nitrogens with zero attached hydrogens (tertiary/aromatic N) is 11. The van der Waals surface area contributed by atoms with Crippen LogP contribution in [0.15, 0.2) is 78.6 Å². The van der Waals surface area contributed by atoms with Crippen LogP contribution < -0.4 is 19.7 Å². The number of anilines is 1. The van der Waals surface area contributed by atoms with E-state index in [-0.39, 0.29) is 54.7 Å². The Morgan fingerprint density at radius 3 is 2.36 bits per heavy atom. The Morgan fingerprint density at radius 1 is 0.937 bits per heavy atom. The molecule has 4 aromatic carbocycles. The number of hydrogen-bond donors (Lipinski definition) is 3. The van der Waals surface area contributed by atoms with Crippen LogP contribution in [0.2, 0.25) is 0 Å². The molecule has 0 bridgehead atoms. The highest BCUT2D eigenvalue weighted by Crippen LogP contribution is 2.54. The molecule has 8 aromatic rings. The number of fused-ring (bicyclic) bond motifs is 2. The molecule has 3 aliphatic heterocycles. The summed E-state index contributed by atoms with van der Waals surface area (Å²) < 4.78 is 79.1. The third-order valence-electron chi connectivity index (χ3n) is 18.4. The van der Waals surface area contributed by atoms with Crippen LogP contribution in [-0.4, -0.2) is 168 Å². The lowest BCUT2D eigenvalue weighted by Gasteiger charge is -2.30. The summed E-state index contributed by atoms with van der Waals surface area (Å²) in [5.41, 5.74) is 8.54. The number of aryl methyl sites for hydroxylation is 1. The minimum atomic E-state index is -2.89. The number of nitrogens with one attached hydrogen (secondary N) is 1. The molecule has 4 aromatic heterocycles. The van der Waals surface area contributed by atoms with Crippen molar-refractivity contribution >= 4 is 56.9 Å². The molecule has 4 fully saturated rings. The van der Waals surface area contributed by atoms with Gasteiger partial charge in [0.15, 0.2) is 18.1 Å². The van der Waals surface area contributed by atoms with Gasteiger partial charge in [0.1, 0.15) is 53.7 Å². The maximum atomic E-state index is 17.0. The van der Waals surface area contributed by atoms with Crippen molar-refractivity contribution in [2.24, 2.45) is 5.92 Å². The van der Waals surface area contributed by atoms with Gasteiger partial charge in [-0.25, -0.2) is 32.3 Å². The molecule has 504 valence electrons. The summed E-state index contributed by atoms with van der Waals surface area (Å²) in [6, 6.07) is 15.2. The first-order valence-electron chi connectivity index (χ1n) is 32.4. The smallest absolute Gasteiger partial charge is 0.410 e. The van der Waals surface area contributed by atoms with Crippen molar-refractivity contribution in [3.63, 3.8) is 0 Å². The first kappa shape index (κ1) is 66.7. The normalized spacial score (nSPS) is 19.5. The first-order valence-corrected chi connectivity index (χ1v) is 33.3. The van der Waals surface area contributed by atoms with Crippen molar-refractivity contribution < 1.29 is 61.5 Å². The summed E-state index contributed by atoms with van der Waals surface area (Å²) in [5, 5.41) is 39.4. The second kappa shape index (κ2) is 27.8. The highest BCUT2D eigenvalue weighted by molar-refractivity contribution is 7.13. The molecule has 3 amide bonds. The van der Waals surface area contributed by atoms with Crippen molar-refractivity contribution in [1.29, 1.82) is 0 Å². The van der Waals surface area contributed by atoms with E-state index in [1.165, 1.54) is 34.1 Å². The van der Waals surface area contributed by atoms with Gasteiger partial charge in [0.25, 0.3) is 6.43 Å². The Balaban J connectivity index is 0.869. The molecule has 7 heterocycles. The molecule has 95 heavy (non-hydrogen) atoms. The SMILES string of the molecule is CO[C@H](COc1nc(N(C)[C@H]2CCN(C(=O)OC(C)(C)C)C2)c2cc(C3CC3)c(-c3c(C)c(F)cc4c3cnn4C3CCCCO3)c(OCc3ccc(-c4cn([C@H](C(=O)N5C[C@H](O)C[C@H]5C(=O)N[C@@H](CO)c5ccc(-c6scnc6C)cc5)C(C)C)nn4)cc3)c2n1)C(F)F. The van der Waals surface area contributed by atoms with E-state index >= 15 is 4.39 Å². The third kappa shape index (κ3) is 14.1. The van der Waals surface area contributed by atoms with E-state index in [1.54, 1.807) is 34.4 Å². The quantitative estimate of drug-likeness (QED) is 0.0571.